The molecule has 9 amide bonds. The number of aromatic nitrogens is 3. The molecule has 104 heavy (non-hydrogen) atoms. The zero-order chi connectivity index (χ0) is 76.9. The van der Waals surface area contributed by atoms with Crippen molar-refractivity contribution in [3.8, 4) is 0 Å². The number of nitrogens with two attached hydrogens (primary N) is 15. The zero-order valence-electron chi connectivity index (χ0n) is 59.2. The second-order valence-corrected chi connectivity index (χ2v) is 24.6. The third kappa shape index (κ3) is 36.2. The summed E-state index contributed by atoms with van der Waals surface area (Å²) in [6.07, 6.45) is 7.33. The first kappa shape index (κ1) is 86.8. The van der Waals surface area contributed by atoms with E-state index < -0.39 is 89.6 Å². The van der Waals surface area contributed by atoms with Crippen molar-refractivity contribution in [2.24, 2.45) is 121 Å². The summed E-state index contributed by atoms with van der Waals surface area (Å²) < 4.78 is 0. The van der Waals surface area contributed by atoms with Crippen LogP contribution in [-0.4, -0.2) is 229 Å². The standard InChI is InChI=1S/C61H112N34O9/c62-46(98)37(13-6-23-78-55(63)64)88-50(100)39(15-8-25-80-57(67)68)90-52(102)41(17-10-27-82-59(71)72)92-54(104)43(19-12-29-84-61(75)76)93-53(103)42(18-11-28-83-60(73)74)91-51(101)40(16-9-26-81-58(69)70)89-49(99)38(14-7-24-79-56(65)66)87-44(96)20-4-2-1-3-5-21-45(97)94-31-33-95(34-32-94)48-36-22-30-77-47(36)85-35-86-48/h22,30,35,37-43H,1-21,23-29,31-34H2,(H2,62,98)(H,87,96)(H,88,100)(H,89,99)(H,90,102)(H,91,101)(H,92,104)(H,93,103)(H4,63,64,78)(H4,65,66,79)(H4,67,68,80)(H4,69,70,81)(H4,71,72,82)(H4,73,74,83)(H4,75,76,84)(H,77,85,86)/t37-,38-,39-,40-,41-,42-,43-/m1/s1. The largest absolute Gasteiger partial charge is 0.370 e. The number of nitrogens with zero attached hydrogens (tertiary/aromatic N) is 11. The van der Waals surface area contributed by atoms with Gasteiger partial charge in [0.2, 0.25) is 53.2 Å². The van der Waals surface area contributed by atoms with Crippen LogP contribution in [0.4, 0.5) is 5.82 Å². The predicted molar refractivity (Wildman–Crippen MR) is 397 cm³/mol. The molecule has 3 heterocycles. The van der Waals surface area contributed by atoms with Gasteiger partial charge in [0, 0.05) is 91.0 Å². The predicted octanol–water partition coefficient (Wildman–Crippen LogP) is -8.41. The van der Waals surface area contributed by atoms with Gasteiger partial charge in [-0.25, -0.2) is 9.97 Å². The molecule has 0 bridgehead atoms. The van der Waals surface area contributed by atoms with Gasteiger partial charge < -0.3 is 138 Å². The number of amides is 9. The van der Waals surface area contributed by atoms with E-state index >= 15 is 0 Å². The summed E-state index contributed by atoms with van der Waals surface area (Å²) in [5.74, 6) is -7.35. The fourth-order valence-corrected chi connectivity index (χ4v) is 10.9. The number of rotatable bonds is 51. The van der Waals surface area contributed by atoms with E-state index in [-0.39, 0.29) is 190 Å². The van der Waals surface area contributed by atoms with Crippen LogP contribution < -0.4 is 128 Å². The Hall–Kier alpha value is -11.5. The molecule has 1 aliphatic rings. The Morgan fingerprint density at radius 2 is 0.654 bits per heavy atom. The second kappa shape index (κ2) is 48.4. The van der Waals surface area contributed by atoms with Crippen LogP contribution in [0, 0.1) is 0 Å². The molecule has 0 unspecified atom stereocenters. The molecule has 0 spiro atoms. The third-order valence-electron chi connectivity index (χ3n) is 16.2. The van der Waals surface area contributed by atoms with Crippen LogP contribution >= 0.6 is 0 Å². The van der Waals surface area contributed by atoms with E-state index in [9.17, 15) is 43.2 Å². The first-order chi connectivity index (χ1) is 49.5. The Balaban J connectivity index is 1.87. The fourth-order valence-electron chi connectivity index (χ4n) is 10.9. The van der Waals surface area contributed by atoms with Gasteiger partial charge in [0.15, 0.2) is 41.7 Å². The average molecular weight is 1470 g/mol. The first-order valence-electron chi connectivity index (χ1n) is 34.6. The van der Waals surface area contributed by atoms with Gasteiger partial charge in [0.25, 0.3) is 0 Å². The van der Waals surface area contributed by atoms with E-state index in [4.69, 9.17) is 86.0 Å². The number of nitrogens with one attached hydrogen (secondary N) is 8. The number of H-pyrrole nitrogens is 1. The Morgan fingerprint density at radius 1 is 0.365 bits per heavy atom. The minimum atomic E-state index is -1.50. The van der Waals surface area contributed by atoms with E-state index in [0.717, 1.165) is 29.7 Å². The van der Waals surface area contributed by atoms with Gasteiger partial charge in [0.05, 0.1) is 5.39 Å². The molecule has 38 N–H and O–H groups in total. The molecule has 1 fully saturated rings. The van der Waals surface area contributed by atoms with E-state index in [0.29, 0.717) is 51.9 Å². The van der Waals surface area contributed by atoms with Crippen LogP contribution in [0.3, 0.4) is 0 Å². The maximum atomic E-state index is 14.8. The number of carbonyl (C=O) groups is 9. The average Bonchev–Trinajstić information content (AvgIpc) is 1.56. The molecule has 7 atom stereocenters. The summed E-state index contributed by atoms with van der Waals surface area (Å²) in [6.45, 7) is 2.57. The van der Waals surface area contributed by atoms with Gasteiger partial charge in [-0.05, 0) is 109 Å². The molecule has 0 aromatic carbocycles. The molecule has 43 nitrogen and oxygen atoms in total. The smallest absolute Gasteiger partial charge is 0.243 e. The van der Waals surface area contributed by atoms with Crippen molar-refractivity contribution in [1.29, 1.82) is 0 Å². The summed E-state index contributed by atoms with van der Waals surface area (Å²) in [4.78, 5) is 170. The summed E-state index contributed by atoms with van der Waals surface area (Å²) in [7, 11) is 0. The quantitative estimate of drug-likeness (QED) is 0.0166. The summed E-state index contributed by atoms with van der Waals surface area (Å²) >= 11 is 0. The van der Waals surface area contributed by atoms with Crippen LogP contribution in [0.5, 0.6) is 0 Å². The van der Waals surface area contributed by atoms with Crippen molar-refractivity contribution in [3.05, 3.63) is 18.6 Å². The molecule has 1 aliphatic heterocycles. The number of piperazine rings is 1. The Labute approximate surface area is 603 Å². The normalized spacial score (nSPS) is 13.8. The molecule has 0 saturated carbocycles. The molecule has 43 heteroatoms. The van der Waals surface area contributed by atoms with Crippen molar-refractivity contribution in [2.75, 3.05) is 76.9 Å². The molecular formula is C61H112N34O9. The Morgan fingerprint density at radius 3 is 0.971 bits per heavy atom. The first-order valence-corrected chi connectivity index (χ1v) is 34.6. The van der Waals surface area contributed by atoms with Gasteiger partial charge in [-0.15, -0.1) is 0 Å². The van der Waals surface area contributed by atoms with Crippen LogP contribution in [0.25, 0.3) is 11.0 Å². The molecule has 1 saturated heterocycles. The van der Waals surface area contributed by atoms with Crippen molar-refractivity contribution >= 4 is 112 Å². The van der Waals surface area contributed by atoms with Crippen molar-refractivity contribution in [3.63, 3.8) is 0 Å². The number of hydrogen-bond acceptors (Lipinski definition) is 19. The fraction of sp³-hybridized carbons (Fsp3) is 0.639. The lowest BCUT2D eigenvalue weighted by molar-refractivity contribution is -0.136. The lowest BCUT2D eigenvalue weighted by atomic mass is 10.0. The van der Waals surface area contributed by atoms with Gasteiger partial charge in [-0.3, -0.25) is 78.1 Å². The lowest BCUT2D eigenvalue weighted by Crippen LogP contribution is -2.60. The number of carbonyl (C=O) groups excluding carboxylic acids is 9. The molecule has 0 aliphatic carbocycles. The molecule has 3 rings (SSSR count). The van der Waals surface area contributed by atoms with Crippen molar-refractivity contribution in [2.45, 2.75) is 177 Å². The topological polar surface area (TPSA) is 763 Å². The molecule has 2 aromatic heterocycles. The molecule has 580 valence electrons. The number of guanidine groups is 7. The van der Waals surface area contributed by atoms with Crippen LogP contribution in [0.2, 0.25) is 0 Å². The summed E-state index contributed by atoms with van der Waals surface area (Å²) in [5, 5.41) is 19.7. The summed E-state index contributed by atoms with van der Waals surface area (Å²) in [6, 6.07) is -7.77. The van der Waals surface area contributed by atoms with E-state index in [1.807, 2.05) is 17.2 Å². The maximum Gasteiger partial charge on any atom is 0.243 e. The second-order valence-electron chi connectivity index (χ2n) is 24.6. The van der Waals surface area contributed by atoms with E-state index in [1.165, 1.54) is 6.33 Å². The number of hydrogen-bond donors (Lipinski definition) is 23. The van der Waals surface area contributed by atoms with Crippen LogP contribution in [0.1, 0.15) is 135 Å². The number of primary amides is 1. The zero-order valence-corrected chi connectivity index (χ0v) is 59.2. The maximum absolute atomic E-state index is 14.8. The van der Waals surface area contributed by atoms with E-state index in [1.54, 1.807) is 0 Å². The summed E-state index contributed by atoms with van der Waals surface area (Å²) in [5.41, 5.74) is 84.3. The number of unbranched alkanes of at least 4 members (excludes halogenated alkanes) is 4. The number of aromatic amines is 1. The highest BCUT2D eigenvalue weighted by molar-refractivity contribution is 5.98. The van der Waals surface area contributed by atoms with Gasteiger partial charge >= 0.3 is 0 Å². The Bertz CT molecular complexity index is 3270. The van der Waals surface area contributed by atoms with Crippen LogP contribution in [0.15, 0.2) is 53.5 Å². The molecule has 2 aromatic rings. The highest BCUT2D eigenvalue weighted by atomic mass is 16.2. The van der Waals surface area contributed by atoms with Gasteiger partial charge in [-0.2, -0.15) is 0 Å². The highest BCUT2D eigenvalue weighted by Gasteiger charge is 2.35. The Kier molecular flexibility index (Phi) is 40.4. The third-order valence-corrected chi connectivity index (χ3v) is 16.2. The van der Waals surface area contributed by atoms with Crippen molar-refractivity contribution in [1.82, 2.24) is 57.1 Å². The lowest BCUT2D eigenvalue weighted by Gasteiger charge is -2.35. The number of aliphatic imine (C=N–C) groups is 7. The van der Waals surface area contributed by atoms with Crippen LogP contribution in [-0.2, 0) is 43.2 Å². The highest BCUT2D eigenvalue weighted by Crippen LogP contribution is 2.24. The SMILES string of the molecule is NC(=O)[C@@H](CCCN=C(N)N)NC(=O)[C@@H](CCCN=C(N)N)NC(=O)[C@@H](CCCN=C(N)N)NC(=O)[C@@H](CCCN=C(N)N)NC(=O)[C@@H](CCCN=C(N)N)NC(=O)[C@@H](CCCN=C(N)N)NC(=O)[C@@H](CCCN=C(N)N)NC(=O)CCCCCCCC(=O)N1CCN(c2ncnc3[nH]ccc23)CC1. The number of anilines is 1. The monoisotopic (exact) mass is 1460 g/mol. The molecule has 0 radical (unpaired) electrons. The number of fused-ring (bicyclic) bond motifs is 1. The van der Waals surface area contributed by atoms with Gasteiger partial charge in [-0.1, -0.05) is 19.3 Å². The van der Waals surface area contributed by atoms with Gasteiger partial charge in [0.1, 0.15) is 60.1 Å². The van der Waals surface area contributed by atoms with E-state index in [2.05, 4.69) is 92.0 Å². The van der Waals surface area contributed by atoms with Crippen molar-refractivity contribution < 1.29 is 43.2 Å². The minimum absolute atomic E-state index is 0.00999. The molecular weight excluding hydrogens is 1350 g/mol. The minimum Gasteiger partial charge on any atom is -0.370 e.